The third-order valence-electron chi connectivity index (χ3n) is 5.85. The quantitative estimate of drug-likeness (QED) is 0.428. The van der Waals surface area contributed by atoms with E-state index in [1.54, 1.807) is 31.4 Å². The zero-order chi connectivity index (χ0) is 23.5. The predicted octanol–water partition coefficient (Wildman–Crippen LogP) is 2.51. The van der Waals surface area contributed by atoms with Crippen molar-refractivity contribution in [3.8, 4) is 5.75 Å². The standard InChI is InChI=1S/C23H27N7O3/c1-13-17-11-18(19(33-3)10-15(17)7-8-30(13)2)26-23-27-22(20(21(24)32)28-29-23)25-16-6-4-5-14(9-16)12-31/h4-6,9-11,13,31H,7-8,12H2,1-3H3,(H2,24,32)(H2,25,26,27,29). The number of amides is 1. The molecule has 33 heavy (non-hydrogen) atoms. The van der Waals surface area contributed by atoms with E-state index in [2.05, 4.69) is 44.7 Å². The second-order valence-corrected chi connectivity index (χ2v) is 7.96. The molecular weight excluding hydrogens is 422 g/mol. The number of ether oxygens (including phenoxy) is 1. The molecule has 1 aliphatic heterocycles. The minimum atomic E-state index is -0.759. The van der Waals surface area contributed by atoms with Crippen LogP contribution in [0.2, 0.25) is 0 Å². The minimum Gasteiger partial charge on any atom is -0.495 e. The molecule has 0 radical (unpaired) electrons. The summed E-state index contributed by atoms with van der Waals surface area (Å²) in [5.74, 6) is 0.236. The molecule has 4 rings (SSSR count). The molecule has 1 unspecified atom stereocenters. The number of aliphatic hydroxyl groups excluding tert-OH is 1. The number of rotatable bonds is 7. The summed E-state index contributed by atoms with van der Waals surface area (Å²) < 4.78 is 5.59. The van der Waals surface area contributed by atoms with Gasteiger partial charge in [-0.05, 0) is 61.3 Å². The van der Waals surface area contributed by atoms with Gasteiger partial charge in [-0.3, -0.25) is 9.69 Å². The lowest BCUT2D eigenvalue weighted by Gasteiger charge is -2.32. The zero-order valence-electron chi connectivity index (χ0n) is 18.8. The van der Waals surface area contributed by atoms with Gasteiger partial charge in [0.1, 0.15) is 5.75 Å². The molecule has 0 aliphatic carbocycles. The number of methoxy groups -OCH3 is 1. The highest BCUT2D eigenvalue weighted by Gasteiger charge is 2.24. The number of likely N-dealkylation sites (N-methyl/N-ethyl adjacent to an activating group) is 1. The Balaban J connectivity index is 1.69. The second-order valence-electron chi connectivity index (χ2n) is 7.96. The summed E-state index contributed by atoms with van der Waals surface area (Å²) in [5.41, 5.74) is 9.85. The Bertz CT molecular complexity index is 1180. The van der Waals surface area contributed by atoms with E-state index in [1.165, 1.54) is 11.1 Å². The van der Waals surface area contributed by atoms with Crippen molar-refractivity contribution in [3.05, 3.63) is 58.8 Å². The fourth-order valence-corrected chi connectivity index (χ4v) is 3.88. The van der Waals surface area contributed by atoms with E-state index in [1.807, 2.05) is 12.1 Å². The van der Waals surface area contributed by atoms with Gasteiger partial charge in [0.25, 0.3) is 5.91 Å². The van der Waals surface area contributed by atoms with Crippen LogP contribution in [0, 0.1) is 0 Å². The number of benzene rings is 2. The number of nitrogens with zero attached hydrogens (tertiary/aromatic N) is 4. The zero-order valence-corrected chi connectivity index (χ0v) is 18.8. The Morgan fingerprint density at radius 2 is 2.09 bits per heavy atom. The Hall–Kier alpha value is -3.76. The monoisotopic (exact) mass is 449 g/mol. The summed E-state index contributed by atoms with van der Waals surface area (Å²) in [6, 6.07) is 11.4. The number of fused-ring (bicyclic) bond motifs is 1. The highest BCUT2D eigenvalue weighted by atomic mass is 16.5. The maximum Gasteiger partial charge on any atom is 0.273 e. The fourth-order valence-electron chi connectivity index (χ4n) is 3.88. The molecule has 0 bridgehead atoms. The first-order valence-electron chi connectivity index (χ1n) is 10.6. The maximum atomic E-state index is 11.9. The van der Waals surface area contributed by atoms with Crippen LogP contribution in [0.5, 0.6) is 5.75 Å². The van der Waals surface area contributed by atoms with Crippen molar-refractivity contribution in [1.82, 2.24) is 20.1 Å². The van der Waals surface area contributed by atoms with Crippen molar-refractivity contribution in [2.45, 2.75) is 26.0 Å². The van der Waals surface area contributed by atoms with E-state index in [0.717, 1.165) is 13.0 Å². The van der Waals surface area contributed by atoms with Gasteiger partial charge in [-0.25, -0.2) is 0 Å². The lowest BCUT2D eigenvalue weighted by molar-refractivity contribution is 0.0995. The Labute approximate surface area is 191 Å². The number of carbonyl (C=O) groups is 1. The second kappa shape index (κ2) is 9.39. The average molecular weight is 450 g/mol. The average Bonchev–Trinajstić information content (AvgIpc) is 2.81. The van der Waals surface area contributed by atoms with Gasteiger partial charge in [0.05, 0.1) is 19.4 Å². The van der Waals surface area contributed by atoms with Crippen LogP contribution in [-0.2, 0) is 13.0 Å². The van der Waals surface area contributed by atoms with E-state index >= 15 is 0 Å². The summed E-state index contributed by atoms with van der Waals surface area (Å²) in [6.07, 6.45) is 0.944. The molecule has 0 spiro atoms. The first kappa shape index (κ1) is 22.4. The number of anilines is 4. The normalized spacial score (nSPS) is 15.6. The number of aliphatic hydroxyl groups is 1. The Morgan fingerprint density at radius 1 is 1.27 bits per heavy atom. The van der Waals surface area contributed by atoms with Crippen LogP contribution in [0.1, 0.15) is 40.1 Å². The molecule has 0 saturated heterocycles. The molecule has 1 aromatic heterocycles. The molecular formula is C23H27N7O3. The summed E-state index contributed by atoms with van der Waals surface area (Å²) >= 11 is 0. The van der Waals surface area contributed by atoms with Gasteiger partial charge < -0.3 is 26.2 Å². The van der Waals surface area contributed by atoms with Crippen molar-refractivity contribution in [2.75, 3.05) is 31.3 Å². The number of hydrogen-bond donors (Lipinski definition) is 4. The van der Waals surface area contributed by atoms with Crippen LogP contribution < -0.4 is 21.1 Å². The van der Waals surface area contributed by atoms with Gasteiger partial charge in [0, 0.05) is 18.3 Å². The molecule has 10 heteroatoms. The highest BCUT2D eigenvalue weighted by Crippen LogP contribution is 2.37. The third-order valence-corrected chi connectivity index (χ3v) is 5.85. The first-order valence-corrected chi connectivity index (χ1v) is 10.6. The summed E-state index contributed by atoms with van der Waals surface area (Å²) in [6.45, 7) is 3.04. The van der Waals surface area contributed by atoms with E-state index in [9.17, 15) is 9.90 Å². The van der Waals surface area contributed by atoms with Crippen LogP contribution in [0.25, 0.3) is 0 Å². The number of carbonyl (C=O) groups excluding carboxylic acids is 1. The number of nitrogens with two attached hydrogens (primary N) is 1. The van der Waals surface area contributed by atoms with Gasteiger partial charge in [-0.15, -0.1) is 10.2 Å². The maximum absolute atomic E-state index is 11.9. The van der Waals surface area contributed by atoms with Gasteiger partial charge in [-0.2, -0.15) is 4.98 Å². The summed E-state index contributed by atoms with van der Waals surface area (Å²) in [4.78, 5) is 18.6. The molecule has 5 N–H and O–H groups in total. The van der Waals surface area contributed by atoms with Crippen LogP contribution in [0.3, 0.4) is 0 Å². The van der Waals surface area contributed by atoms with Crippen molar-refractivity contribution in [1.29, 1.82) is 0 Å². The van der Waals surface area contributed by atoms with Crippen molar-refractivity contribution >= 4 is 29.0 Å². The van der Waals surface area contributed by atoms with E-state index in [4.69, 9.17) is 10.5 Å². The van der Waals surface area contributed by atoms with Crippen LogP contribution in [0.15, 0.2) is 36.4 Å². The first-order chi connectivity index (χ1) is 15.9. The molecule has 0 saturated carbocycles. The Kier molecular flexibility index (Phi) is 6.38. The molecule has 10 nitrogen and oxygen atoms in total. The van der Waals surface area contributed by atoms with Gasteiger partial charge >= 0.3 is 0 Å². The molecule has 3 aromatic rings. The van der Waals surface area contributed by atoms with Crippen LogP contribution in [0.4, 0.5) is 23.1 Å². The SMILES string of the molecule is COc1cc2c(cc1Nc1nnc(C(N)=O)c(Nc3cccc(CO)c3)n1)C(C)N(C)CC2. The van der Waals surface area contributed by atoms with Gasteiger partial charge in [0.15, 0.2) is 11.5 Å². The molecule has 2 aromatic carbocycles. The van der Waals surface area contributed by atoms with Crippen molar-refractivity contribution in [3.63, 3.8) is 0 Å². The minimum absolute atomic E-state index is 0.0948. The van der Waals surface area contributed by atoms with E-state index in [0.29, 0.717) is 22.7 Å². The fraction of sp³-hybridized carbons (Fsp3) is 0.304. The van der Waals surface area contributed by atoms with Gasteiger partial charge in [-0.1, -0.05) is 12.1 Å². The van der Waals surface area contributed by atoms with Gasteiger partial charge in [0.2, 0.25) is 5.95 Å². The lowest BCUT2D eigenvalue weighted by atomic mass is 9.93. The Morgan fingerprint density at radius 3 is 2.82 bits per heavy atom. The number of hydrogen-bond acceptors (Lipinski definition) is 9. The number of nitrogens with one attached hydrogen (secondary N) is 2. The summed E-state index contributed by atoms with van der Waals surface area (Å²) in [5, 5.41) is 23.6. The molecule has 0 fully saturated rings. The predicted molar refractivity (Wildman–Crippen MR) is 125 cm³/mol. The van der Waals surface area contributed by atoms with Crippen LogP contribution >= 0.6 is 0 Å². The van der Waals surface area contributed by atoms with Crippen molar-refractivity contribution < 1.29 is 14.6 Å². The number of primary amides is 1. The highest BCUT2D eigenvalue weighted by molar-refractivity contribution is 5.96. The lowest BCUT2D eigenvalue weighted by Crippen LogP contribution is -2.30. The molecule has 1 atom stereocenters. The van der Waals surface area contributed by atoms with Crippen molar-refractivity contribution in [2.24, 2.45) is 5.73 Å². The molecule has 2 heterocycles. The largest absolute Gasteiger partial charge is 0.495 e. The topological polar surface area (TPSA) is 139 Å². The number of aromatic nitrogens is 3. The molecule has 1 aliphatic rings. The van der Waals surface area contributed by atoms with Crippen LogP contribution in [-0.4, -0.2) is 51.8 Å². The van der Waals surface area contributed by atoms with E-state index < -0.39 is 5.91 Å². The molecule has 172 valence electrons. The molecule has 1 amide bonds. The summed E-state index contributed by atoms with van der Waals surface area (Å²) in [7, 11) is 3.71. The van der Waals surface area contributed by atoms with E-state index in [-0.39, 0.29) is 30.1 Å². The third kappa shape index (κ3) is 4.71. The smallest absolute Gasteiger partial charge is 0.273 e.